The number of amides is 1. The normalized spacial score (nSPS) is 14.4. The number of likely N-dealkylation sites (N-methyl/N-ethyl adjacent to an activating group) is 1. The Morgan fingerprint density at radius 3 is 2.27 bits per heavy atom. The number of anilines is 2. The fraction of sp³-hybridized carbons (Fsp3) is 0.433. The first-order valence-electron chi connectivity index (χ1n) is 13.6. The molecule has 0 bridgehead atoms. The van der Waals surface area contributed by atoms with E-state index in [0.29, 0.717) is 11.4 Å². The molecular formula is C30H39F3N6O. The number of halogens is 3. The average molecular weight is 557 g/mol. The number of rotatable bonds is 7. The van der Waals surface area contributed by atoms with Crippen LogP contribution in [0.1, 0.15) is 58.6 Å². The molecular weight excluding hydrogens is 517 g/mol. The number of hydrogen-bond donors (Lipinski definition) is 2. The zero-order valence-electron chi connectivity index (χ0n) is 23.7. The molecule has 0 unspecified atom stereocenters. The van der Waals surface area contributed by atoms with E-state index in [4.69, 9.17) is 5.73 Å². The molecule has 0 spiro atoms. The summed E-state index contributed by atoms with van der Waals surface area (Å²) in [6.45, 7) is 9.45. The van der Waals surface area contributed by atoms with E-state index < -0.39 is 17.6 Å². The Hall–Kier alpha value is -3.50. The zero-order chi connectivity index (χ0) is 29.3. The van der Waals surface area contributed by atoms with E-state index in [0.717, 1.165) is 62.8 Å². The van der Waals surface area contributed by atoms with Gasteiger partial charge in [0.2, 0.25) is 0 Å². The number of piperazine rings is 1. The van der Waals surface area contributed by atoms with Gasteiger partial charge in [-0.1, -0.05) is 32.4 Å². The second kappa shape index (κ2) is 14.2. The molecule has 1 aliphatic rings. The van der Waals surface area contributed by atoms with E-state index in [1.165, 1.54) is 11.6 Å². The lowest BCUT2D eigenvalue weighted by molar-refractivity contribution is -0.138. The van der Waals surface area contributed by atoms with Crippen LogP contribution in [-0.2, 0) is 25.6 Å². The van der Waals surface area contributed by atoms with Gasteiger partial charge in [0.1, 0.15) is 5.82 Å². The number of hydrogen-bond acceptors (Lipinski definition) is 6. The fourth-order valence-electron chi connectivity index (χ4n) is 4.44. The molecule has 0 atom stereocenters. The Morgan fingerprint density at radius 1 is 1.00 bits per heavy atom. The molecule has 0 aliphatic carbocycles. The molecule has 10 heteroatoms. The number of nitrogens with zero attached hydrogens (tertiary/aromatic N) is 4. The summed E-state index contributed by atoms with van der Waals surface area (Å²) < 4.78 is 41.2. The Bertz CT molecular complexity index is 1260. The lowest BCUT2D eigenvalue weighted by Gasteiger charge is -2.33. The van der Waals surface area contributed by atoms with Gasteiger partial charge in [-0.25, -0.2) is 4.98 Å². The first-order chi connectivity index (χ1) is 19.0. The molecule has 7 nitrogen and oxygen atoms in total. The maximum absolute atomic E-state index is 13.7. The van der Waals surface area contributed by atoms with Crippen LogP contribution < -0.4 is 11.1 Å². The van der Waals surface area contributed by atoms with Crippen molar-refractivity contribution < 1.29 is 18.0 Å². The maximum Gasteiger partial charge on any atom is 0.416 e. The number of aromatic nitrogens is 2. The molecule has 216 valence electrons. The molecule has 3 aromatic rings. The summed E-state index contributed by atoms with van der Waals surface area (Å²) in [5.41, 5.74) is 8.59. The summed E-state index contributed by atoms with van der Waals surface area (Å²) in [6, 6.07) is 9.49. The van der Waals surface area contributed by atoms with Gasteiger partial charge in [0.15, 0.2) is 0 Å². The molecule has 2 heterocycles. The monoisotopic (exact) mass is 556 g/mol. The average Bonchev–Trinajstić information content (AvgIpc) is 2.92. The summed E-state index contributed by atoms with van der Waals surface area (Å²) in [6.07, 6.45) is 1.62. The van der Waals surface area contributed by atoms with Gasteiger partial charge in [-0.2, -0.15) is 13.2 Å². The predicted octanol–water partition coefficient (Wildman–Crippen LogP) is 5.59. The van der Waals surface area contributed by atoms with Gasteiger partial charge in [0, 0.05) is 44.0 Å². The Kier molecular flexibility index (Phi) is 11.0. The van der Waals surface area contributed by atoms with Gasteiger partial charge in [-0.15, -0.1) is 0 Å². The zero-order valence-corrected chi connectivity index (χ0v) is 23.7. The van der Waals surface area contributed by atoms with Gasteiger partial charge in [-0.3, -0.25) is 14.7 Å². The highest BCUT2D eigenvalue weighted by atomic mass is 19.4. The molecule has 40 heavy (non-hydrogen) atoms. The number of aryl methyl sites for hydroxylation is 3. The smallest absolute Gasteiger partial charge is 0.382 e. The highest BCUT2D eigenvalue weighted by Gasteiger charge is 2.34. The molecule has 1 fully saturated rings. The van der Waals surface area contributed by atoms with Crippen molar-refractivity contribution in [3.8, 4) is 0 Å². The van der Waals surface area contributed by atoms with Crippen molar-refractivity contribution in [2.75, 3.05) is 44.3 Å². The van der Waals surface area contributed by atoms with Crippen molar-refractivity contribution in [3.63, 3.8) is 0 Å². The van der Waals surface area contributed by atoms with Gasteiger partial charge in [0.05, 0.1) is 23.7 Å². The van der Waals surface area contributed by atoms with Crippen molar-refractivity contribution in [2.45, 2.75) is 52.8 Å². The lowest BCUT2D eigenvalue weighted by atomic mass is 10.0. The number of carbonyl (C=O) groups is 1. The van der Waals surface area contributed by atoms with Crippen molar-refractivity contribution in [2.24, 2.45) is 0 Å². The quantitative estimate of drug-likeness (QED) is 0.395. The summed E-state index contributed by atoms with van der Waals surface area (Å²) in [5.74, 6) is 0.0679. The summed E-state index contributed by atoms with van der Waals surface area (Å²) >= 11 is 0. The van der Waals surface area contributed by atoms with Crippen molar-refractivity contribution >= 4 is 17.4 Å². The van der Waals surface area contributed by atoms with Gasteiger partial charge in [-0.05, 0) is 67.8 Å². The minimum atomic E-state index is -4.49. The Morgan fingerprint density at radius 2 is 1.70 bits per heavy atom. The summed E-state index contributed by atoms with van der Waals surface area (Å²) in [5, 5.41) is 2.63. The van der Waals surface area contributed by atoms with E-state index in [1.54, 1.807) is 30.6 Å². The topological polar surface area (TPSA) is 87.4 Å². The first kappa shape index (κ1) is 31.0. The number of alkyl halides is 3. The second-order valence-corrected chi connectivity index (χ2v) is 10.1. The minimum absolute atomic E-state index is 0.148. The largest absolute Gasteiger partial charge is 0.416 e. The number of nitrogens with two attached hydrogens (primary N) is 1. The molecule has 1 saturated heterocycles. The third kappa shape index (κ3) is 9.02. The van der Waals surface area contributed by atoms with Gasteiger partial charge < -0.3 is 16.0 Å². The molecule has 0 radical (unpaired) electrons. The maximum atomic E-state index is 13.7. The standard InChI is InChI=1S/C24H30F3N3O.C6H9N3/c1-4-5-18-6-7-19(14-17(18)2)23(31)28-21-9-8-20(22(15-21)24(25,26)27)16-30-12-10-29(3)11-13-30;1-2-5-3-9-6(7)4-8-5/h6-9,14-15H,4-5,10-13,16H2,1-3H3,(H,28,31);3-4H,2H2,1H3,(H2,7,9). The van der Waals surface area contributed by atoms with Crippen molar-refractivity contribution in [3.05, 3.63) is 82.3 Å². The van der Waals surface area contributed by atoms with E-state index in [-0.39, 0.29) is 17.8 Å². The van der Waals surface area contributed by atoms with Crippen LogP contribution >= 0.6 is 0 Å². The number of carbonyl (C=O) groups excluding carboxylic acids is 1. The van der Waals surface area contributed by atoms with Crippen LogP contribution in [0.4, 0.5) is 24.7 Å². The van der Waals surface area contributed by atoms with Crippen LogP contribution in [0.15, 0.2) is 48.8 Å². The third-order valence-corrected chi connectivity index (χ3v) is 6.87. The molecule has 4 rings (SSSR count). The van der Waals surface area contributed by atoms with Crippen LogP contribution in [0.25, 0.3) is 0 Å². The summed E-state index contributed by atoms with van der Waals surface area (Å²) in [7, 11) is 2.01. The van der Waals surface area contributed by atoms with Crippen LogP contribution in [0.3, 0.4) is 0 Å². The second-order valence-electron chi connectivity index (χ2n) is 10.1. The van der Waals surface area contributed by atoms with Crippen LogP contribution in [0, 0.1) is 6.92 Å². The van der Waals surface area contributed by atoms with E-state index in [1.807, 2.05) is 31.9 Å². The highest BCUT2D eigenvalue weighted by Crippen LogP contribution is 2.34. The van der Waals surface area contributed by atoms with Crippen molar-refractivity contribution in [1.29, 1.82) is 0 Å². The number of benzene rings is 2. The van der Waals surface area contributed by atoms with Crippen molar-refractivity contribution in [1.82, 2.24) is 19.8 Å². The first-order valence-corrected chi connectivity index (χ1v) is 13.6. The molecule has 2 aromatic carbocycles. The molecule has 1 aromatic heterocycles. The number of nitrogens with one attached hydrogen (secondary N) is 1. The molecule has 3 N–H and O–H groups in total. The molecule has 0 saturated carbocycles. The fourth-order valence-corrected chi connectivity index (χ4v) is 4.44. The van der Waals surface area contributed by atoms with Crippen LogP contribution in [0.5, 0.6) is 0 Å². The van der Waals surface area contributed by atoms with Crippen LogP contribution in [-0.4, -0.2) is 58.9 Å². The Balaban J connectivity index is 0.000000415. The Labute approximate surface area is 234 Å². The predicted molar refractivity (Wildman–Crippen MR) is 153 cm³/mol. The lowest BCUT2D eigenvalue weighted by Crippen LogP contribution is -2.44. The molecule has 1 amide bonds. The van der Waals surface area contributed by atoms with E-state index in [2.05, 4.69) is 27.1 Å². The van der Waals surface area contributed by atoms with Gasteiger partial charge >= 0.3 is 6.18 Å². The van der Waals surface area contributed by atoms with Crippen LogP contribution in [0.2, 0.25) is 0 Å². The molecule has 1 aliphatic heterocycles. The highest BCUT2D eigenvalue weighted by molar-refractivity contribution is 6.04. The SMILES string of the molecule is CCCc1ccc(C(=O)Nc2ccc(CN3CCN(C)CC3)c(C(F)(F)F)c2)cc1C.CCc1cnc(N)cn1. The van der Waals surface area contributed by atoms with Gasteiger partial charge in [0.25, 0.3) is 5.91 Å². The minimum Gasteiger partial charge on any atom is -0.382 e. The third-order valence-electron chi connectivity index (χ3n) is 6.87. The number of nitrogen functional groups attached to an aromatic ring is 1. The van der Waals surface area contributed by atoms with E-state index in [9.17, 15) is 18.0 Å². The summed E-state index contributed by atoms with van der Waals surface area (Å²) in [4.78, 5) is 24.7. The van der Waals surface area contributed by atoms with E-state index >= 15 is 0 Å².